The van der Waals surface area contributed by atoms with Crippen molar-refractivity contribution in [3.8, 4) is 0 Å². The Bertz CT molecular complexity index is 351. The summed E-state index contributed by atoms with van der Waals surface area (Å²) in [5.41, 5.74) is 10.6. The molecule has 3 nitrogen and oxygen atoms in total. The van der Waals surface area contributed by atoms with Gasteiger partial charge in [-0.15, -0.1) is 0 Å². The maximum Gasteiger partial charge on any atom is 0.0483 e. The van der Waals surface area contributed by atoms with Crippen LogP contribution in [0.2, 0.25) is 5.02 Å². The predicted molar refractivity (Wildman–Crippen MR) is 74.6 cm³/mol. The van der Waals surface area contributed by atoms with E-state index >= 15 is 0 Å². The van der Waals surface area contributed by atoms with Crippen LogP contribution in [0, 0.1) is 5.92 Å². The number of hydrogen-bond donors (Lipinski definition) is 3. The van der Waals surface area contributed by atoms with Crippen molar-refractivity contribution in [2.45, 2.75) is 39.2 Å². The smallest absolute Gasteiger partial charge is 0.0483 e. The van der Waals surface area contributed by atoms with E-state index in [2.05, 4.69) is 19.3 Å². The van der Waals surface area contributed by atoms with E-state index in [4.69, 9.17) is 23.2 Å². The molecule has 0 spiro atoms. The summed E-state index contributed by atoms with van der Waals surface area (Å²) in [5.74, 6) is 6.29. The molecule has 4 heteroatoms. The first-order valence-corrected chi connectivity index (χ1v) is 6.51. The van der Waals surface area contributed by atoms with E-state index in [1.807, 2.05) is 12.1 Å². The van der Waals surface area contributed by atoms with Crippen molar-refractivity contribution >= 4 is 17.3 Å². The molecule has 1 unspecified atom stereocenters. The zero-order valence-electron chi connectivity index (χ0n) is 10.5. The number of nitrogens with one attached hydrogen (secondary N) is 1. The molecule has 0 aliphatic carbocycles. The van der Waals surface area contributed by atoms with Crippen molar-refractivity contribution in [3.63, 3.8) is 0 Å². The van der Waals surface area contributed by atoms with Crippen LogP contribution in [0.1, 0.15) is 44.7 Å². The van der Waals surface area contributed by atoms with Gasteiger partial charge in [0.05, 0.1) is 0 Å². The van der Waals surface area contributed by atoms with Crippen LogP contribution in [0.15, 0.2) is 18.2 Å². The van der Waals surface area contributed by atoms with Gasteiger partial charge in [0.15, 0.2) is 0 Å². The monoisotopic (exact) mass is 255 g/mol. The van der Waals surface area contributed by atoms with Gasteiger partial charge in [-0.05, 0) is 30.0 Å². The lowest BCUT2D eigenvalue weighted by Crippen LogP contribution is -2.30. The highest BCUT2D eigenvalue weighted by Crippen LogP contribution is 2.29. The average molecular weight is 256 g/mol. The normalized spacial score (nSPS) is 13.0. The number of nitrogen functional groups attached to an aromatic ring is 1. The van der Waals surface area contributed by atoms with Gasteiger partial charge >= 0.3 is 0 Å². The van der Waals surface area contributed by atoms with Crippen LogP contribution in [0.3, 0.4) is 0 Å². The number of nitrogens with two attached hydrogens (primary N) is 2. The third-order valence-electron chi connectivity index (χ3n) is 3.35. The predicted octanol–water partition coefficient (Wildman–Crippen LogP) is 3.25. The maximum atomic E-state index is 5.98. The van der Waals surface area contributed by atoms with Crippen molar-refractivity contribution in [1.82, 2.24) is 5.43 Å². The Morgan fingerprint density at radius 2 is 1.94 bits per heavy atom. The lowest BCUT2D eigenvalue weighted by Gasteiger charge is -2.23. The van der Waals surface area contributed by atoms with Crippen LogP contribution in [0.25, 0.3) is 0 Å². The van der Waals surface area contributed by atoms with Gasteiger partial charge in [0.25, 0.3) is 0 Å². The van der Waals surface area contributed by atoms with Gasteiger partial charge in [-0.2, -0.15) is 0 Å². The highest BCUT2D eigenvalue weighted by molar-refractivity contribution is 6.30. The molecule has 17 heavy (non-hydrogen) atoms. The summed E-state index contributed by atoms with van der Waals surface area (Å²) in [4.78, 5) is 0. The molecule has 1 aromatic carbocycles. The Kier molecular flexibility index (Phi) is 5.75. The molecule has 0 aliphatic rings. The largest absolute Gasteiger partial charge is 0.398 e. The lowest BCUT2D eigenvalue weighted by molar-refractivity contribution is 0.375. The van der Waals surface area contributed by atoms with Crippen molar-refractivity contribution in [1.29, 1.82) is 0 Å². The minimum atomic E-state index is 0.0946. The van der Waals surface area contributed by atoms with Crippen LogP contribution >= 0.6 is 11.6 Å². The van der Waals surface area contributed by atoms with E-state index < -0.39 is 0 Å². The summed E-state index contributed by atoms with van der Waals surface area (Å²) in [7, 11) is 0. The van der Waals surface area contributed by atoms with Gasteiger partial charge < -0.3 is 5.73 Å². The highest BCUT2D eigenvalue weighted by Gasteiger charge is 2.17. The number of hydrazine groups is 1. The molecule has 0 aliphatic heterocycles. The van der Waals surface area contributed by atoms with Gasteiger partial charge in [0.2, 0.25) is 0 Å². The summed E-state index contributed by atoms with van der Waals surface area (Å²) < 4.78 is 0. The fraction of sp³-hybridized carbons (Fsp3) is 0.538. The molecule has 0 saturated carbocycles. The number of rotatable bonds is 6. The van der Waals surface area contributed by atoms with E-state index in [0.29, 0.717) is 16.6 Å². The first kappa shape index (κ1) is 14.3. The highest BCUT2D eigenvalue weighted by atomic mass is 35.5. The second kappa shape index (κ2) is 6.84. The first-order valence-electron chi connectivity index (χ1n) is 6.13. The minimum absolute atomic E-state index is 0.0946. The Balaban J connectivity index is 2.85. The van der Waals surface area contributed by atoms with Gasteiger partial charge in [-0.3, -0.25) is 11.3 Å². The molecule has 0 bridgehead atoms. The number of anilines is 1. The Morgan fingerprint density at radius 3 is 2.41 bits per heavy atom. The minimum Gasteiger partial charge on any atom is -0.398 e. The molecular formula is C13H22ClN3. The van der Waals surface area contributed by atoms with Crippen LogP contribution in [0.5, 0.6) is 0 Å². The van der Waals surface area contributed by atoms with Crippen molar-refractivity contribution in [2.75, 3.05) is 5.73 Å². The average Bonchev–Trinajstić information content (AvgIpc) is 2.32. The molecule has 0 aromatic heterocycles. The molecule has 96 valence electrons. The number of hydrogen-bond acceptors (Lipinski definition) is 3. The summed E-state index contributed by atoms with van der Waals surface area (Å²) in [6.07, 6.45) is 3.31. The van der Waals surface area contributed by atoms with Crippen molar-refractivity contribution in [2.24, 2.45) is 11.8 Å². The zero-order valence-corrected chi connectivity index (χ0v) is 11.3. The van der Waals surface area contributed by atoms with Crippen LogP contribution in [-0.2, 0) is 0 Å². The van der Waals surface area contributed by atoms with E-state index in [-0.39, 0.29) is 6.04 Å². The van der Waals surface area contributed by atoms with E-state index in [1.54, 1.807) is 6.07 Å². The van der Waals surface area contributed by atoms with E-state index in [9.17, 15) is 0 Å². The van der Waals surface area contributed by atoms with Crippen molar-refractivity contribution in [3.05, 3.63) is 28.8 Å². The Labute approximate surface area is 108 Å². The Hall–Kier alpha value is -0.770. The molecule has 0 amide bonds. The third kappa shape index (κ3) is 3.87. The first-order chi connectivity index (χ1) is 8.12. The molecule has 0 fully saturated rings. The lowest BCUT2D eigenvalue weighted by atomic mass is 9.91. The molecule has 0 radical (unpaired) electrons. The van der Waals surface area contributed by atoms with E-state index in [0.717, 1.165) is 24.8 Å². The van der Waals surface area contributed by atoms with Gasteiger partial charge in [0, 0.05) is 16.8 Å². The second-order valence-corrected chi connectivity index (χ2v) is 4.85. The van der Waals surface area contributed by atoms with Gasteiger partial charge in [-0.1, -0.05) is 44.4 Å². The maximum absolute atomic E-state index is 5.98. The van der Waals surface area contributed by atoms with Gasteiger partial charge in [-0.25, -0.2) is 0 Å². The second-order valence-electron chi connectivity index (χ2n) is 4.41. The molecule has 0 heterocycles. The van der Waals surface area contributed by atoms with Crippen LogP contribution < -0.4 is 17.0 Å². The summed E-state index contributed by atoms with van der Waals surface area (Å²) in [5, 5.41) is 0.657. The summed E-state index contributed by atoms with van der Waals surface area (Å²) >= 11 is 5.89. The van der Waals surface area contributed by atoms with Crippen LogP contribution in [0.4, 0.5) is 5.69 Å². The van der Waals surface area contributed by atoms with Gasteiger partial charge in [0.1, 0.15) is 0 Å². The summed E-state index contributed by atoms with van der Waals surface area (Å²) in [6, 6.07) is 5.67. The van der Waals surface area contributed by atoms with Crippen molar-refractivity contribution < 1.29 is 0 Å². The SMILES string of the molecule is CCC(CC)CC(NN)c1ccc(Cl)cc1N. The quantitative estimate of drug-likeness (QED) is 0.415. The molecule has 1 rings (SSSR count). The fourth-order valence-corrected chi connectivity index (χ4v) is 2.28. The van der Waals surface area contributed by atoms with E-state index in [1.165, 1.54) is 0 Å². The number of halogens is 1. The third-order valence-corrected chi connectivity index (χ3v) is 3.58. The Morgan fingerprint density at radius 1 is 1.29 bits per heavy atom. The molecule has 0 saturated heterocycles. The molecule has 1 aromatic rings. The fourth-order valence-electron chi connectivity index (χ4n) is 2.10. The topological polar surface area (TPSA) is 64.1 Å². The number of benzene rings is 1. The molecular weight excluding hydrogens is 234 g/mol. The zero-order chi connectivity index (χ0) is 12.8. The molecule has 1 atom stereocenters. The standard InChI is InChI=1S/C13H22ClN3/c1-3-9(4-2)7-13(17-16)11-6-5-10(14)8-12(11)15/h5-6,8-9,13,17H,3-4,7,15-16H2,1-2H3. The van der Waals surface area contributed by atoms with Crippen LogP contribution in [-0.4, -0.2) is 0 Å². The molecule has 5 N–H and O–H groups in total. The summed E-state index contributed by atoms with van der Waals surface area (Å²) in [6.45, 7) is 4.40.